The second-order valence-electron chi connectivity index (χ2n) is 4.94. The minimum Gasteiger partial charge on any atom is -0.464 e. The number of hydrogen-bond acceptors (Lipinski definition) is 4. The van der Waals surface area contributed by atoms with E-state index in [9.17, 15) is 9.90 Å². The maximum Gasteiger partial charge on any atom is 0.236 e. The number of carbonyl (C=O) groups is 1. The summed E-state index contributed by atoms with van der Waals surface area (Å²) >= 11 is 0. The van der Waals surface area contributed by atoms with Crippen LogP contribution in [0.4, 0.5) is 0 Å². The molecule has 100 valence electrons. The van der Waals surface area contributed by atoms with Gasteiger partial charge in [-0.2, -0.15) is 0 Å². The monoisotopic (exact) mass is 252 g/mol. The number of aliphatic hydroxyl groups is 1. The summed E-state index contributed by atoms with van der Waals surface area (Å²) in [4.78, 5) is 15.6. The molecule has 0 aliphatic carbocycles. The van der Waals surface area contributed by atoms with Crippen LogP contribution < -0.4 is 0 Å². The predicted octanol–water partition coefficient (Wildman–Crippen LogP) is 0.613. The number of aliphatic hydroxyl groups excluding tert-OH is 1. The van der Waals surface area contributed by atoms with Gasteiger partial charge in [-0.25, -0.2) is 0 Å². The van der Waals surface area contributed by atoms with Crippen molar-refractivity contribution in [3.8, 4) is 0 Å². The fraction of sp³-hybridized carbons (Fsp3) is 0.615. The first-order valence-corrected chi connectivity index (χ1v) is 6.24. The van der Waals surface area contributed by atoms with E-state index in [-0.39, 0.29) is 12.0 Å². The number of hydrogen-bond donors (Lipinski definition) is 1. The number of furan rings is 1. The number of likely N-dealkylation sites (tertiary alicyclic amines) is 1. The van der Waals surface area contributed by atoms with Gasteiger partial charge in [-0.05, 0) is 25.5 Å². The fourth-order valence-corrected chi connectivity index (χ4v) is 2.16. The van der Waals surface area contributed by atoms with Crippen LogP contribution in [0, 0.1) is 6.92 Å². The van der Waals surface area contributed by atoms with Gasteiger partial charge >= 0.3 is 0 Å². The Morgan fingerprint density at radius 2 is 2.39 bits per heavy atom. The predicted molar refractivity (Wildman–Crippen MR) is 67.0 cm³/mol. The molecule has 1 aromatic rings. The lowest BCUT2D eigenvalue weighted by Crippen LogP contribution is -2.37. The molecule has 1 aliphatic heterocycles. The number of aryl methyl sites for hydroxylation is 1. The molecule has 1 N–H and O–H groups in total. The van der Waals surface area contributed by atoms with Crippen LogP contribution in [-0.2, 0) is 11.3 Å². The molecule has 2 rings (SSSR count). The van der Waals surface area contributed by atoms with Crippen LogP contribution in [-0.4, -0.2) is 53.6 Å². The topological polar surface area (TPSA) is 56.9 Å². The quantitative estimate of drug-likeness (QED) is 0.853. The van der Waals surface area contributed by atoms with Crippen LogP contribution in [0.1, 0.15) is 17.9 Å². The second kappa shape index (κ2) is 5.54. The molecule has 18 heavy (non-hydrogen) atoms. The Hall–Kier alpha value is -1.33. The van der Waals surface area contributed by atoms with Crippen LogP contribution in [0.25, 0.3) is 0 Å². The van der Waals surface area contributed by atoms with E-state index in [0.29, 0.717) is 19.6 Å². The van der Waals surface area contributed by atoms with E-state index in [2.05, 4.69) is 0 Å². The summed E-state index contributed by atoms with van der Waals surface area (Å²) < 4.78 is 5.44. The van der Waals surface area contributed by atoms with Crippen LogP contribution in [0.5, 0.6) is 0 Å². The first-order chi connectivity index (χ1) is 8.54. The van der Waals surface area contributed by atoms with E-state index in [4.69, 9.17) is 4.42 Å². The normalized spacial score (nSPS) is 20.3. The SMILES string of the molecule is Cc1ccc(CN(C)C(=O)CN2CC[C@@H](O)C2)o1. The summed E-state index contributed by atoms with van der Waals surface area (Å²) in [6.45, 7) is 4.13. The highest BCUT2D eigenvalue weighted by atomic mass is 16.3. The lowest BCUT2D eigenvalue weighted by atomic mass is 10.3. The highest BCUT2D eigenvalue weighted by molar-refractivity contribution is 5.77. The molecule has 1 amide bonds. The summed E-state index contributed by atoms with van der Waals surface area (Å²) in [5, 5.41) is 9.41. The lowest BCUT2D eigenvalue weighted by molar-refractivity contribution is -0.131. The molecule has 5 nitrogen and oxygen atoms in total. The van der Waals surface area contributed by atoms with Crippen molar-refractivity contribution in [1.82, 2.24) is 9.80 Å². The molecule has 1 aliphatic rings. The van der Waals surface area contributed by atoms with Crippen LogP contribution >= 0.6 is 0 Å². The molecular formula is C13H20N2O3. The van der Waals surface area contributed by atoms with Crippen molar-refractivity contribution >= 4 is 5.91 Å². The first kappa shape index (κ1) is 13.1. The Labute approximate surface area is 107 Å². The van der Waals surface area contributed by atoms with Gasteiger partial charge in [0.25, 0.3) is 0 Å². The van der Waals surface area contributed by atoms with Gasteiger partial charge in [0.1, 0.15) is 11.5 Å². The van der Waals surface area contributed by atoms with Gasteiger partial charge in [0.05, 0.1) is 19.2 Å². The molecule has 2 heterocycles. The van der Waals surface area contributed by atoms with Crippen molar-refractivity contribution in [1.29, 1.82) is 0 Å². The molecule has 1 atom stereocenters. The Balaban J connectivity index is 1.81. The van der Waals surface area contributed by atoms with E-state index in [1.807, 2.05) is 24.0 Å². The third-order valence-corrected chi connectivity index (χ3v) is 3.22. The fourth-order valence-electron chi connectivity index (χ4n) is 2.16. The molecule has 0 aromatic carbocycles. The highest BCUT2D eigenvalue weighted by Crippen LogP contribution is 2.11. The number of amides is 1. The number of likely N-dealkylation sites (N-methyl/N-ethyl adjacent to an activating group) is 1. The zero-order valence-electron chi connectivity index (χ0n) is 10.9. The number of β-amino-alcohol motifs (C(OH)–C–C–N with tert-alkyl or cyclic N) is 1. The zero-order chi connectivity index (χ0) is 13.1. The van der Waals surface area contributed by atoms with Gasteiger partial charge < -0.3 is 14.4 Å². The van der Waals surface area contributed by atoms with Gasteiger partial charge in [0, 0.05) is 20.1 Å². The summed E-state index contributed by atoms with van der Waals surface area (Å²) in [7, 11) is 1.77. The molecule has 1 aromatic heterocycles. The average Bonchev–Trinajstić information content (AvgIpc) is 2.88. The molecule has 1 fully saturated rings. The Morgan fingerprint density at radius 3 is 2.94 bits per heavy atom. The second-order valence-corrected chi connectivity index (χ2v) is 4.94. The van der Waals surface area contributed by atoms with Gasteiger partial charge in [0.15, 0.2) is 0 Å². The van der Waals surface area contributed by atoms with Crippen molar-refractivity contribution in [2.45, 2.75) is 26.0 Å². The maximum absolute atomic E-state index is 12.0. The van der Waals surface area contributed by atoms with Crippen LogP contribution in [0.2, 0.25) is 0 Å². The molecule has 1 saturated heterocycles. The lowest BCUT2D eigenvalue weighted by Gasteiger charge is -2.20. The molecular weight excluding hydrogens is 232 g/mol. The van der Waals surface area contributed by atoms with E-state index in [1.165, 1.54) is 0 Å². The van der Waals surface area contributed by atoms with Crippen LogP contribution in [0.15, 0.2) is 16.5 Å². The summed E-state index contributed by atoms with van der Waals surface area (Å²) in [5.41, 5.74) is 0. The number of nitrogens with zero attached hydrogens (tertiary/aromatic N) is 2. The molecule has 0 radical (unpaired) electrons. The van der Waals surface area contributed by atoms with Crippen LogP contribution in [0.3, 0.4) is 0 Å². The summed E-state index contributed by atoms with van der Waals surface area (Å²) in [6.07, 6.45) is 0.477. The minimum absolute atomic E-state index is 0.0538. The zero-order valence-corrected chi connectivity index (χ0v) is 10.9. The minimum atomic E-state index is -0.282. The van der Waals surface area contributed by atoms with Crippen molar-refractivity contribution < 1.29 is 14.3 Å². The van der Waals surface area contributed by atoms with Gasteiger partial charge in [-0.1, -0.05) is 0 Å². The smallest absolute Gasteiger partial charge is 0.236 e. The highest BCUT2D eigenvalue weighted by Gasteiger charge is 2.23. The molecule has 0 unspecified atom stereocenters. The maximum atomic E-state index is 12.0. The standard InChI is InChI=1S/C13H20N2O3/c1-10-3-4-12(18-10)8-14(2)13(17)9-15-6-5-11(16)7-15/h3-4,11,16H,5-9H2,1-2H3/t11-/m1/s1. The Bertz CT molecular complexity index is 416. The summed E-state index contributed by atoms with van der Waals surface area (Å²) in [5.74, 6) is 1.71. The average molecular weight is 252 g/mol. The number of carbonyl (C=O) groups excluding carboxylic acids is 1. The molecule has 5 heteroatoms. The molecule has 0 saturated carbocycles. The van der Waals surface area contributed by atoms with Gasteiger partial charge in [-0.3, -0.25) is 9.69 Å². The van der Waals surface area contributed by atoms with E-state index in [0.717, 1.165) is 24.5 Å². The van der Waals surface area contributed by atoms with Crippen molar-refractivity contribution in [2.24, 2.45) is 0 Å². The van der Waals surface area contributed by atoms with Crippen molar-refractivity contribution in [2.75, 3.05) is 26.7 Å². The Kier molecular flexibility index (Phi) is 4.04. The summed E-state index contributed by atoms with van der Waals surface area (Å²) in [6, 6.07) is 3.78. The third-order valence-electron chi connectivity index (χ3n) is 3.22. The van der Waals surface area contributed by atoms with Crippen molar-refractivity contribution in [3.05, 3.63) is 23.7 Å². The first-order valence-electron chi connectivity index (χ1n) is 6.24. The molecule has 0 bridgehead atoms. The largest absolute Gasteiger partial charge is 0.464 e. The number of rotatable bonds is 4. The third kappa shape index (κ3) is 3.34. The molecule has 0 spiro atoms. The van der Waals surface area contributed by atoms with Crippen molar-refractivity contribution in [3.63, 3.8) is 0 Å². The Morgan fingerprint density at radius 1 is 1.61 bits per heavy atom. The van der Waals surface area contributed by atoms with E-state index >= 15 is 0 Å². The van der Waals surface area contributed by atoms with E-state index in [1.54, 1.807) is 11.9 Å². The van der Waals surface area contributed by atoms with E-state index < -0.39 is 0 Å². The van der Waals surface area contributed by atoms with Gasteiger partial charge in [0.2, 0.25) is 5.91 Å². The van der Waals surface area contributed by atoms with Gasteiger partial charge in [-0.15, -0.1) is 0 Å².